The lowest BCUT2D eigenvalue weighted by Crippen LogP contribution is -2.46. The first kappa shape index (κ1) is 53.9. The standard InChI is InChI=1S/C46H83N2O7P/c1-6-8-10-12-14-16-18-20-22-24-26-28-30-34-38-45(50)44(42-55-56(52,53)54-41-40-48(3,4)5)47-46(51)39-35-31-33-37-43(49)36-32-29-27-25-23-21-19-17-15-13-11-9-7-2/h9,11,15,17,21,23,27,29,31-33,36,43-45,49-50H,6-8,10,12-14,16,18-20,22,24-26,28,30,34-35,37-42H2,1-5H3,(H-,47,51,52,53)/b11-9-,17-15-,23-21-,29-27-,33-31-,36-32-/t43?,44-,45+/m0/s1. The molecular formula is C46H83N2O7P. The molecule has 0 fully saturated rings. The number of hydrogen-bond acceptors (Lipinski definition) is 7. The Morgan fingerprint density at radius 2 is 1.25 bits per heavy atom. The molecule has 3 N–H and O–H groups in total. The van der Waals surface area contributed by atoms with Crippen molar-refractivity contribution in [2.24, 2.45) is 0 Å². The van der Waals surface area contributed by atoms with E-state index in [1.807, 2.05) is 51.5 Å². The van der Waals surface area contributed by atoms with Gasteiger partial charge in [0.2, 0.25) is 5.91 Å². The Balaban J connectivity index is 4.64. The average Bonchev–Trinajstić information content (AvgIpc) is 3.14. The van der Waals surface area contributed by atoms with Crippen molar-refractivity contribution >= 4 is 13.7 Å². The van der Waals surface area contributed by atoms with E-state index in [2.05, 4.69) is 55.6 Å². The van der Waals surface area contributed by atoms with Gasteiger partial charge in [0.15, 0.2) is 0 Å². The van der Waals surface area contributed by atoms with Crippen molar-refractivity contribution in [3.8, 4) is 0 Å². The first-order valence-corrected chi connectivity index (χ1v) is 23.4. The van der Waals surface area contributed by atoms with Gasteiger partial charge >= 0.3 is 0 Å². The molecule has 9 nitrogen and oxygen atoms in total. The molecule has 4 atom stereocenters. The van der Waals surface area contributed by atoms with Crippen LogP contribution in [0.4, 0.5) is 0 Å². The lowest BCUT2D eigenvalue weighted by Gasteiger charge is -2.30. The van der Waals surface area contributed by atoms with Crippen molar-refractivity contribution < 1.29 is 38.0 Å². The predicted molar refractivity (Wildman–Crippen MR) is 234 cm³/mol. The van der Waals surface area contributed by atoms with Gasteiger partial charge in [-0.05, 0) is 44.9 Å². The van der Waals surface area contributed by atoms with Crippen molar-refractivity contribution in [3.05, 3.63) is 72.9 Å². The number of rotatable bonds is 38. The monoisotopic (exact) mass is 807 g/mol. The van der Waals surface area contributed by atoms with Gasteiger partial charge in [0, 0.05) is 6.42 Å². The first-order valence-electron chi connectivity index (χ1n) is 21.9. The smallest absolute Gasteiger partial charge is 0.268 e. The Hall–Kier alpha value is -2.10. The number of quaternary nitrogens is 1. The second-order valence-corrected chi connectivity index (χ2v) is 17.3. The van der Waals surface area contributed by atoms with E-state index in [1.54, 1.807) is 6.08 Å². The highest BCUT2D eigenvalue weighted by Gasteiger charge is 2.24. The molecule has 0 saturated carbocycles. The number of carbonyl (C=O) groups is 1. The van der Waals surface area contributed by atoms with E-state index < -0.39 is 32.7 Å². The summed E-state index contributed by atoms with van der Waals surface area (Å²) in [6.07, 6.45) is 45.0. The fourth-order valence-electron chi connectivity index (χ4n) is 5.79. The largest absolute Gasteiger partial charge is 0.756 e. The van der Waals surface area contributed by atoms with Gasteiger partial charge in [-0.2, -0.15) is 0 Å². The molecule has 0 spiro atoms. The minimum absolute atomic E-state index is 0.0236. The molecule has 0 aromatic rings. The van der Waals surface area contributed by atoms with Gasteiger partial charge in [-0.3, -0.25) is 9.36 Å². The number of nitrogens with one attached hydrogen (secondary N) is 1. The van der Waals surface area contributed by atoms with Gasteiger partial charge in [0.1, 0.15) is 13.2 Å². The van der Waals surface area contributed by atoms with E-state index in [-0.39, 0.29) is 18.9 Å². The molecule has 0 rings (SSSR count). The second-order valence-electron chi connectivity index (χ2n) is 15.9. The summed E-state index contributed by atoms with van der Waals surface area (Å²) in [5, 5.41) is 24.0. The number of phosphoric ester groups is 1. The van der Waals surface area contributed by atoms with Crippen LogP contribution in [-0.2, 0) is 18.4 Å². The number of hydrogen-bond donors (Lipinski definition) is 3. The molecule has 10 heteroatoms. The Morgan fingerprint density at radius 1 is 0.714 bits per heavy atom. The molecule has 0 aliphatic heterocycles. The van der Waals surface area contributed by atoms with Crippen molar-refractivity contribution in [2.75, 3.05) is 40.9 Å². The van der Waals surface area contributed by atoms with Gasteiger partial charge in [-0.1, -0.05) is 177 Å². The molecular weight excluding hydrogens is 723 g/mol. The molecule has 324 valence electrons. The van der Waals surface area contributed by atoms with E-state index in [0.717, 1.165) is 44.9 Å². The number of allylic oxidation sites excluding steroid dienone is 10. The highest BCUT2D eigenvalue weighted by molar-refractivity contribution is 7.45. The Labute approximate surface area is 343 Å². The SMILES string of the molecule is CC/C=C\C/C=C\C/C=C\C/C=C\C=C/C(O)C/C=C\CCC(=O)N[C@@H](COP(=O)([O-])OCC[N+](C)(C)C)[C@H](O)CCCCCCCCCCCCCCCC. The van der Waals surface area contributed by atoms with E-state index in [9.17, 15) is 24.5 Å². The molecule has 0 bridgehead atoms. The van der Waals surface area contributed by atoms with Gasteiger partial charge < -0.3 is 34.0 Å². The lowest BCUT2D eigenvalue weighted by atomic mass is 10.0. The summed E-state index contributed by atoms with van der Waals surface area (Å²) in [5.41, 5.74) is 0. The van der Waals surface area contributed by atoms with Crippen LogP contribution in [0.1, 0.15) is 155 Å². The van der Waals surface area contributed by atoms with Gasteiger partial charge in [0.25, 0.3) is 7.82 Å². The third-order valence-electron chi connectivity index (χ3n) is 9.30. The maximum atomic E-state index is 12.8. The zero-order chi connectivity index (χ0) is 41.6. The van der Waals surface area contributed by atoms with E-state index in [4.69, 9.17) is 9.05 Å². The van der Waals surface area contributed by atoms with Crippen LogP contribution >= 0.6 is 7.82 Å². The van der Waals surface area contributed by atoms with Crippen LogP contribution in [0.25, 0.3) is 0 Å². The highest BCUT2D eigenvalue weighted by Crippen LogP contribution is 2.38. The third kappa shape index (κ3) is 38.8. The molecule has 0 heterocycles. The normalized spacial score (nSPS) is 15.6. The molecule has 0 saturated heterocycles. The van der Waals surface area contributed by atoms with Crippen molar-refractivity contribution in [1.82, 2.24) is 5.32 Å². The van der Waals surface area contributed by atoms with Crippen molar-refractivity contribution in [1.29, 1.82) is 0 Å². The highest BCUT2D eigenvalue weighted by atomic mass is 31.2. The van der Waals surface area contributed by atoms with Crippen molar-refractivity contribution in [3.63, 3.8) is 0 Å². The Bertz CT molecular complexity index is 1160. The minimum atomic E-state index is -4.61. The number of nitrogens with zero attached hydrogens (tertiary/aromatic N) is 1. The molecule has 1 amide bonds. The quantitative estimate of drug-likeness (QED) is 0.0186. The fraction of sp³-hybridized carbons (Fsp3) is 0.717. The van der Waals surface area contributed by atoms with E-state index in [1.165, 1.54) is 70.6 Å². The average molecular weight is 807 g/mol. The van der Waals surface area contributed by atoms with Crippen LogP contribution < -0.4 is 10.2 Å². The molecule has 0 radical (unpaired) electrons. The first-order chi connectivity index (χ1) is 26.9. The molecule has 0 aliphatic carbocycles. The Morgan fingerprint density at radius 3 is 1.80 bits per heavy atom. The number of phosphoric acid groups is 1. The summed E-state index contributed by atoms with van der Waals surface area (Å²) in [7, 11) is 1.18. The summed E-state index contributed by atoms with van der Waals surface area (Å²) < 4.78 is 23.2. The van der Waals surface area contributed by atoms with Crippen LogP contribution in [0.3, 0.4) is 0 Å². The Kier molecular flexibility index (Phi) is 35.8. The maximum Gasteiger partial charge on any atom is 0.268 e. The summed E-state index contributed by atoms with van der Waals surface area (Å²) >= 11 is 0. The minimum Gasteiger partial charge on any atom is -0.756 e. The number of unbranched alkanes of at least 4 members (excludes halogenated alkanes) is 13. The van der Waals surface area contributed by atoms with Crippen LogP contribution in [0.5, 0.6) is 0 Å². The van der Waals surface area contributed by atoms with Crippen LogP contribution in [0.2, 0.25) is 0 Å². The molecule has 0 aromatic heterocycles. The number of aliphatic hydroxyl groups is 2. The second kappa shape index (κ2) is 37.2. The summed E-state index contributed by atoms with van der Waals surface area (Å²) in [4.78, 5) is 25.3. The fourth-order valence-corrected chi connectivity index (χ4v) is 6.51. The molecule has 0 aromatic carbocycles. The summed E-state index contributed by atoms with van der Waals surface area (Å²) in [6, 6.07) is -0.886. The van der Waals surface area contributed by atoms with E-state index >= 15 is 0 Å². The molecule has 2 unspecified atom stereocenters. The number of aliphatic hydroxyl groups excluding tert-OH is 2. The maximum absolute atomic E-state index is 12.8. The third-order valence-corrected chi connectivity index (χ3v) is 10.3. The number of likely N-dealkylation sites (N-methyl/N-ethyl adjacent to an activating group) is 1. The van der Waals surface area contributed by atoms with Gasteiger partial charge in [-0.15, -0.1) is 0 Å². The summed E-state index contributed by atoms with van der Waals surface area (Å²) in [5.74, 6) is -0.310. The number of amides is 1. The topological polar surface area (TPSA) is 128 Å². The van der Waals surface area contributed by atoms with Gasteiger partial charge in [-0.25, -0.2) is 0 Å². The van der Waals surface area contributed by atoms with Crippen molar-refractivity contribution in [2.45, 2.75) is 173 Å². The van der Waals surface area contributed by atoms with Crippen LogP contribution in [0, 0.1) is 0 Å². The van der Waals surface area contributed by atoms with Crippen LogP contribution in [-0.4, -0.2) is 79.8 Å². The summed E-state index contributed by atoms with van der Waals surface area (Å²) in [6.45, 7) is 4.44. The molecule has 0 aliphatic rings. The predicted octanol–water partition coefficient (Wildman–Crippen LogP) is 10.4. The molecule has 56 heavy (non-hydrogen) atoms. The zero-order valence-corrected chi connectivity index (χ0v) is 37.1. The lowest BCUT2D eigenvalue weighted by molar-refractivity contribution is -0.870. The number of carbonyl (C=O) groups excluding carboxylic acids is 1. The van der Waals surface area contributed by atoms with Gasteiger partial charge in [0.05, 0.1) is 46.0 Å². The zero-order valence-electron chi connectivity index (χ0n) is 36.2. The van der Waals surface area contributed by atoms with E-state index in [0.29, 0.717) is 30.3 Å². The van der Waals surface area contributed by atoms with Crippen LogP contribution in [0.15, 0.2) is 72.9 Å².